The summed E-state index contributed by atoms with van der Waals surface area (Å²) in [5.74, 6) is -0.704. The average molecular weight is 358 g/mol. The average Bonchev–Trinajstić information content (AvgIpc) is 2.11. The van der Waals surface area contributed by atoms with Crippen molar-refractivity contribution in [3.05, 3.63) is 0 Å². The van der Waals surface area contributed by atoms with Crippen LogP contribution in [0.25, 0.3) is 0 Å². The molecule has 0 aliphatic heterocycles. The van der Waals surface area contributed by atoms with E-state index in [2.05, 4.69) is 31.9 Å². The first kappa shape index (κ1) is 14.0. The van der Waals surface area contributed by atoms with Gasteiger partial charge in [0.25, 0.3) is 0 Å². The van der Waals surface area contributed by atoms with Gasteiger partial charge in [-0.05, 0) is 0 Å². The smallest absolute Gasteiger partial charge is 0.303 e. The normalized spacial score (nSPS) is 34.2. The Morgan fingerprint density at radius 1 is 0.938 bits per heavy atom. The van der Waals surface area contributed by atoms with Crippen LogP contribution in [0, 0.1) is 0 Å². The van der Waals surface area contributed by atoms with Crippen LogP contribution in [0.3, 0.4) is 0 Å². The fourth-order valence-electron chi connectivity index (χ4n) is 1.72. The van der Waals surface area contributed by atoms with Crippen LogP contribution in [0.5, 0.6) is 0 Å². The van der Waals surface area contributed by atoms with Crippen molar-refractivity contribution < 1.29 is 19.1 Å². The number of carbonyl (C=O) groups excluding carboxylic acids is 2. The summed E-state index contributed by atoms with van der Waals surface area (Å²) in [5.41, 5.74) is 0. The van der Waals surface area contributed by atoms with Crippen LogP contribution in [-0.2, 0) is 19.1 Å². The van der Waals surface area contributed by atoms with E-state index in [9.17, 15) is 9.59 Å². The van der Waals surface area contributed by atoms with Crippen LogP contribution < -0.4 is 0 Å². The zero-order valence-corrected chi connectivity index (χ0v) is 12.3. The lowest BCUT2D eigenvalue weighted by molar-refractivity contribution is -0.168. The number of ether oxygens (including phenoxy) is 2. The van der Waals surface area contributed by atoms with Crippen molar-refractivity contribution in [1.82, 2.24) is 0 Å². The van der Waals surface area contributed by atoms with Crippen LogP contribution in [0.15, 0.2) is 0 Å². The topological polar surface area (TPSA) is 52.6 Å². The first-order valence-electron chi connectivity index (χ1n) is 5.02. The molecule has 16 heavy (non-hydrogen) atoms. The van der Waals surface area contributed by atoms with Crippen molar-refractivity contribution in [2.45, 2.75) is 48.6 Å². The molecule has 4 nitrogen and oxygen atoms in total. The Labute approximate surface area is 111 Å². The second-order valence-electron chi connectivity index (χ2n) is 3.80. The van der Waals surface area contributed by atoms with Gasteiger partial charge in [-0.1, -0.05) is 31.9 Å². The Hall–Kier alpha value is -0.100. The van der Waals surface area contributed by atoms with Crippen LogP contribution in [0.4, 0.5) is 0 Å². The molecule has 1 fully saturated rings. The third-order valence-electron chi connectivity index (χ3n) is 2.36. The van der Waals surface area contributed by atoms with Gasteiger partial charge in [-0.25, -0.2) is 0 Å². The van der Waals surface area contributed by atoms with Gasteiger partial charge in [0.15, 0.2) is 0 Å². The molecular weight excluding hydrogens is 344 g/mol. The first-order valence-corrected chi connectivity index (χ1v) is 6.86. The van der Waals surface area contributed by atoms with Crippen LogP contribution in [-0.4, -0.2) is 33.8 Å². The summed E-state index contributed by atoms with van der Waals surface area (Å²) in [6, 6.07) is 0. The monoisotopic (exact) mass is 356 g/mol. The minimum atomic E-state index is -0.362. The van der Waals surface area contributed by atoms with E-state index in [1.54, 1.807) is 0 Å². The van der Waals surface area contributed by atoms with Crippen molar-refractivity contribution in [3.63, 3.8) is 0 Å². The highest BCUT2D eigenvalue weighted by atomic mass is 79.9. The molecule has 1 aliphatic carbocycles. The van der Waals surface area contributed by atoms with Gasteiger partial charge in [0, 0.05) is 36.3 Å². The summed E-state index contributed by atoms with van der Waals surface area (Å²) in [5, 5.41) is 0. The summed E-state index contributed by atoms with van der Waals surface area (Å²) in [6.45, 7) is 2.71. The minimum absolute atomic E-state index is 0.212. The second kappa shape index (κ2) is 6.00. The molecule has 0 radical (unpaired) electrons. The van der Waals surface area contributed by atoms with E-state index in [0.717, 1.165) is 0 Å². The molecule has 0 aromatic heterocycles. The number of esters is 2. The Balaban J connectivity index is 2.66. The molecule has 0 aromatic rings. The van der Waals surface area contributed by atoms with E-state index in [0.29, 0.717) is 12.8 Å². The highest BCUT2D eigenvalue weighted by molar-refractivity contribution is 9.12. The van der Waals surface area contributed by atoms with Crippen LogP contribution in [0.1, 0.15) is 26.7 Å². The molecule has 1 rings (SSSR count). The number of carbonyl (C=O) groups is 2. The van der Waals surface area contributed by atoms with Crippen LogP contribution >= 0.6 is 31.9 Å². The fraction of sp³-hybridized carbons (Fsp3) is 0.800. The summed E-state index contributed by atoms with van der Waals surface area (Å²) in [4.78, 5) is 22.3. The summed E-state index contributed by atoms with van der Waals surface area (Å²) in [7, 11) is 0. The maximum absolute atomic E-state index is 10.9. The molecule has 92 valence electrons. The van der Waals surface area contributed by atoms with Crippen LogP contribution in [0.2, 0.25) is 0 Å². The van der Waals surface area contributed by atoms with Gasteiger partial charge >= 0.3 is 11.9 Å². The predicted molar refractivity (Wildman–Crippen MR) is 65.8 cm³/mol. The van der Waals surface area contributed by atoms with Crippen molar-refractivity contribution in [3.8, 4) is 0 Å². The lowest BCUT2D eigenvalue weighted by Crippen LogP contribution is -2.44. The first-order chi connectivity index (χ1) is 7.40. The zero-order chi connectivity index (χ0) is 12.3. The number of halogens is 2. The standard InChI is InChI=1S/C10H14Br2O4/c1-5(13)15-9-3-7(11)8(12)4-10(9)16-6(2)14/h7-10H,3-4H2,1-2H3/t7-,8+,9-,10-/m0/s1. The molecule has 0 spiro atoms. The Kier molecular flexibility index (Phi) is 5.24. The molecule has 1 aliphatic rings. The van der Waals surface area contributed by atoms with Gasteiger partial charge < -0.3 is 9.47 Å². The number of rotatable bonds is 2. The molecule has 1 saturated carbocycles. The van der Waals surface area contributed by atoms with Crippen molar-refractivity contribution >= 4 is 43.8 Å². The van der Waals surface area contributed by atoms with Gasteiger partial charge in [0.1, 0.15) is 12.2 Å². The van der Waals surface area contributed by atoms with Crippen molar-refractivity contribution in [1.29, 1.82) is 0 Å². The maximum Gasteiger partial charge on any atom is 0.303 e. The van der Waals surface area contributed by atoms with E-state index >= 15 is 0 Å². The minimum Gasteiger partial charge on any atom is -0.459 e. The zero-order valence-electron chi connectivity index (χ0n) is 9.11. The Morgan fingerprint density at radius 2 is 1.25 bits per heavy atom. The largest absolute Gasteiger partial charge is 0.459 e. The number of hydrogen-bond acceptors (Lipinski definition) is 4. The molecule has 0 amide bonds. The molecule has 0 saturated heterocycles. The quantitative estimate of drug-likeness (QED) is 0.561. The van der Waals surface area contributed by atoms with E-state index in [4.69, 9.17) is 9.47 Å². The molecular formula is C10H14Br2O4. The van der Waals surface area contributed by atoms with Crippen molar-refractivity contribution in [2.75, 3.05) is 0 Å². The summed E-state index contributed by atoms with van der Waals surface area (Å²) < 4.78 is 10.3. The lowest BCUT2D eigenvalue weighted by atomic mass is 9.94. The van der Waals surface area contributed by atoms with Gasteiger partial charge in [0.2, 0.25) is 0 Å². The lowest BCUT2D eigenvalue weighted by Gasteiger charge is -2.35. The molecule has 0 heterocycles. The van der Waals surface area contributed by atoms with E-state index in [1.165, 1.54) is 13.8 Å². The molecule has 0 unspecified atom stereocenters. The third kappa shape index (κ3) is 4.05. The fourth-order valence-corrected chi connectivity index (χ4v) is 2.89. The van der Waals surface area contributed by atoms with Gasteiger partial charge in [-0.2, -0.15) is 0 Å². The third-order valence-corrected chi connectivity index (χ3v) is 5.09. The van der Waals surface area contributed by atoms with E-state index < -0.39 is 0 Å². The number of hydrogen-bond donors (Lipinski definition) is 0. The second-order valence-corrected chi connectivity index (χ2v) is 6.15. The van der Waals surface area contributed by atoms with Crippen molar-refractivity contribution in [2.24, 2.45) is 0 Å². The molecule has 0 aromatic carbocycles. The summed E-state index contributed by atoms with van der Waals surface area (Å²) >= 11 is 7.00. The molecule has 0 N–H and O–H groups in total. The number of alkyl halides is 2. The highest BCUT2D eigenvalue weighted by Gasteiger charge is 2.38. The Bertz CT molecular complexity index is 254. The highest BCUT2D eigenvalue weighted by Crippen LogP contribution is 2.33. The Morgan fingerprint density at radius 3 is 1.50 bits per heavy atom. The predicted octanol–water partition coefficient (Wildman–Crippen LogP) is 2.17. The molecule has 6 heteroatoms. The maximum atomic E-state index is 10.9. The summed E-state index contributed by atoms with van der Waals surface area (Å²) in [6.07, 6.45) is 0.542. The van der Waals surface area contributed by atoms with Gasteiger partial charge in [-0.3, -0.25) is 9.59 Å². The van der Waals surface area contributed by atoms with Gasteiger partial charge in [0.05, 0.1) is 0 Å². The molecule has 4 atom stereocenters. The van der Waals surface area contributed by atoms with Gasteiger partial charge in [-0.15, -0.1) is 0 Å². The van der Waals surface area contributed by atoms with E-state index in [-0.39, 0.29) is 33.8 Å². The molecule has 0 bridgehead atoms. The van der Waals surface area contributed by atoms with E-state index in [1.807, 2.05) is 0 Å². The SMILES string of the molecule is CC(=O)O[C@H]1C[C@@H](Br)[C@@H](Br)C[C@@H]1OC(C)=O.